The van der Waals surface area contributed by atoms with E-state index in [1.54, 1.807) is 27.2 Å². The lowest BCUT2D eigenvalue weighted by Gasteiger charge is -2.39. The van der Waals surface area contributed by atoms with Crippen LogP contribution in [0.1, 0.15) is 32.4 Å². The molecule has 2 amide bonds. The number of nitro groups is 1. The van der Waals surface area contributed by atoms with Gasteiger partial charge in [0.25, 0.3) is 11.6 Å². The SMILES string of the molecule is O=C(CN1CCc2sccc2[C@H]1c1cccc(F)c1)N1CCN(C(=O)c2ccc([N+](=O)[O-])cc2)CC1. The fourth-order valence-electron chi connectivity index (χ4n) is 4.95. The predicted octanol–water partition coefficient (Wildman–Crippen LogP) is 3.73. The molecule has 3 aromatic rings. The molecule has 2 aliphatic heterocycles. The highest BCUT2D eigenvalue weighted by Gasteiger charge is 2.33. The van der Waals surface area contributed by atoms with E-state index in [1.807, 2.05) is 11.4 Å². The lowest BCUT2D eigenvalue weighted by molar-refractivity contribution is -0.384. The Labute approximate surface area is 211 Å². The van der Waals surface area contributed by atoms with Crippen LogP contribution in [-0.4, -0.2) is 70.7 Å². The number of thiophene rings is 1. The van der Waals surface area contributed by atoms with Gasteiger partial charge in [-0.2, -0.15) is 0 Å². The summed E-state index contributed by atoms with van der Waals surface area (Å²) in [6.07, 6.45) is 0.851. The number of nitrogens with zero attached hydrogens (tertiary/aromatic N) is 4. The van der Waals surface area contributed by atoms with Crippen LogP contribution >= 0.6 is 11.3 Å². The van der Waals surface area contributed by atoms with Crippen molar-refractivity contribution < 1.29 is 18.9 Å². The summed E-state index contributed by atoms with van der Waals surface area (Å²) in [5.41, 5.74) is 2.29. The summed E-state index contributed by atoms with van der Waals surface area (Å²) >= 11 is 1.69. The van der Waals surface area contributed by atoms with Crippen LogP contribution in [0.3, 0.4) is 0 Å². The Balaban J connectivity index is 1.23. The topological polar surface area (TPSA) is 87.0 Å². The van der Waals surface area contributed by atoms with E-state index in [0.717, 1.165) is 17.5 Å². The van der Waals surface area contributed by atoms with Gasteiger partial charge in [0.05, 0.1) is 17.5 Å². The molecular weight excluding hydrogens is 483 g/mol. The molecule has 8 nitrogen and oxygen atoms in total. The number of non-ortho nitro benzene ring substituents is 1. The number of carbonyl (C=O) groups excluding carboxylic acids is 2. The molecule has 0 aliphatic carbocycles. The number of hydrogen-bond donors (Lipinski definition) is 0. The molecule has 0 bridgehead atoms. The quantitative estimate of drug-likeness (QED) is 0.387. The molecular formula is C26H25FN4O4S. The largest absolute Gasteiger partial charge is 0.338 e. The zero-order chi connectivity index (χ0) is 25.2. The third kappa shape index (κ3) is 4.87. The minimum absolute atomic E-state index is 0.0162. The summed E-state index contributed by atoms with van der Waals surface area (Å²) in [7, 11) is 0. The Bertz CT molecular complexity index is 1290. The van der Waals surface area contributed by atoms with E-state index < -0.39 is 4.92 Å². The molecule has 186 valence electrons. The molecule has 2 aromatic carbocycles. The Morgan fingerprint density at radius 2 is 1.72 bits per heavy atom. The van der Waals surface area contributed by atoms with Crippen molar-refractivity contribution in [1.29, 1.82) is 0 Å². The molecule has 10 heteroatoms. The average Bonchev–Trinajstić information content (AvgIpc) is 3.37. The van der Waals surface area contributed by atoms with Crippen molar-refractivity contribution in [1.82, 2.24) is 14.7 Å². The Morgan fingerprint density at radius 3 is 2.42 bits per heavy atom. The minimum Gasteiger partial charge on any atom is -0.338 e. The van der Waals surface area contributed by atoms with Crippen LogP contribution in [0.2, 0.25) is 0 Å². The average molecular weight is 509 g/mol. The summed E-state index contributed by atoms with van der Waals surface area (Å²) in [6, 6.07) is 14.0. The van der Waals surface area contributed by atoms with Crippen molar-refractivity contribution in [3.05, 3.63) is 97.5 Å². The van der Waals surface area contributed by atoms with Crippen LogP contribution < -0.4 is 0 Å². The number of rotatable bonds is 5. The molecule has 0 spiro atoms. The van der Waals surface area contributed by atoms with E-state index in [4.69, 9.17) is 0 Å². The molecule has 0 saturated carbocycles. The maximum atomic E-state index is 14.0. The first kappa shape index (κ1) is 24.1. The second-order valence-electron chi connectivity index (χ2n) is 8.95. The molecule has 3 heterocycles. The summed E-state index contributed by atoms with van der Waals surface area (Å²) in [4.78, 5) is 43.2. The summed E-state index contributed by atoms with van der Waals surface area (Å²) in [5, 5.41) is 12.9. The van der Waals surface area contributed by atoms with E-state index in [2.05, 4.69) is 11.0 Å². The van der Waals surface area contributed by atoms with Gasteiger partial charge in [-0.25, -0.2) is 4.39 Å². The van der Waals surface area contributed by atoms with Gasteiger partial charge in [0.2, 0.25) is 5.91 Å². The van der Waals surface area contributed by atoms with Gasteiger partial charge in [-0.05, 0) is 53.3 Å². The summed E-state index contributed by atoms with van der Waals surface area (Å²) < 4.78 is 14.0. The Hall–Kier alpha value is -3.63. The fraction of sp³-hybridized carbons (Fsp3) is 0.308. The highest BCUT2D eigenvalue weighted by atomic mass is 32.1. The lowest BCUT2D eigenvalue weighted by Crippen LogP contribution is -2.53. The van der Waals surface area contributed by atoms with Gasteiger partial charge in [0.15, 0.2) is 0 Å². The molecule has 0 radical (unpaired) electrons. The van der Waals surface area contributed by atoms with Gasteiger partial charge in [0.1, 0.15) is 5.82 Å². The van der Waals surface area contributed by atoms with Gasteiger partial charge in [0, 0.05) is 55.3 Å². The van der Waals surface area contributed by atoms with Gasteiger partial charge in [-0.3, -0.25) is 24.6 Å². The van der Waals surface area contributed by atoms with Crippen molar-refractivity contribution in [2.24, 2.45) is 0 Å². The molecule has 1 fully saturated rings. The first-order chi connectivity index (χ1) is 17.4. The van der Waals surface area contributed by atoms with Crippen LogP contribution in [-0.2, 0) is 11.2 Å². The van der Waals surface area contributed by atoms with E-state index in [9.17, 15) is 24.1 Å². The van der Waals surface area contributed by atoms with Crippen molar-refractivity contribution in [3.8, 4) is 0 Å². The number of amides is 2. The van der Waals surface area contributed by atoms with Crippen molar-refractivity contribution in [3.63, 3.8) is 0 Å². The molecule has 36 heavy (non-hydrogen) atoms. The van der Waals surface area contributed by atoms with E-state index in [1.165, 1.54) is 41.3 Å². The highest BCUT2D eigenvalue weighted by molar-refractivity contribution is 7.10. The maximum absolute atomic E-state index is 14.0. The number of nitro benzene ring substituents is 1. The number of fused-ring (bicyclic) bond motifs is 1. The zero-order valence-corrected chi connectivity index (χ0v) is 20.3. The highest BCUT2D eigenvalue weighted by Crippen LogP contribution is 2.37. The van der Waals surface area contributed by atoms with Crippen LogP contribution in [0.15, 0.2) is 60.0 Å². The third-order valence-corrected chi connectivity index (χ3v) is 7.81. The smallest absolute Gasteiger partial charge is 0.269 e. The van der Waals surface area contributed by atoms with Gasteiger partial charge >= 0.3 is 0 Å². The van der Waals surface area contributed by atoms with Crippen molar-refractivity contribution >= 4 is 28.8 Å². The van der Waals surface area contributed by atoms with Crippen LogP contribution in [0.25, 0.3) is 0 Å². The summed E-state index contributed by atoms with van der Waals surface area (Å²) in [5.74, 6) is -0.517. The van der Waals surface area contributed by atoms with Crippen LogP contribution in [0.4, 0.5) is 10.1 Å². The fourth-order valence-corrected chi connectivity index (χ4v) is 5.85. The second kappa shape index (κ2) is 10.2. The van der Waals surface area contributed by atoms with Crippen LogP contribution in [0.5, 0.6) is 0 Å². The van der Waals surface area contributed by atoms with E-state index in [0.29, 0.717) is 38.3 Å². The number of hydrogen-bond acceptors (Lipinski definition) is 6. The van der Waals surface area contributed by atoms with Gasteiger partial charge in [-0.15, -0.1) is 11.3 Å². The third-order valence-electron chi connectivity index (χ3n) is 6.81. The molecule has 1 saturated heterocycles. The normalized spacial score (nSPS) is 18.1. The standard InChI is InChI=1S/C26H25FN4O4S/c27-20-3-1-2-19(16-20)25-22-9-15-36-23(22)8-10-30(25)17-24(32)28-11-13-29(14-12-28)26(33)18-4-6-21(7-5-18)31(34)35/h1-7,9,15-16,25H,8,10-14,17H2/t25-/m1/s1. The van der Waals surface area contributed by atoms with Crippen molar-refractivity contribution in [2.45, 2.75) is 12.5 Å². The van der Waals surface area contributed by atoms with E-state index in [-0.39, 0.29) is 35.9 Å². The number of benzene rings is 2. The number of carbonyl (C=O) groups is 2. The molecule has 1 atom stereocenters. The first-order valence-corrected chi connectivity index (χ1v) is 12.7. The minimum atomic E-state index is -0.501. The maximum Gasteiger partial charge on any atom is 0.269 e. The lowest BCUT2D eigenvalue weighted by atomic mass is 9.93. The molecule has 0 unspecified atom stereocenters. The Kier molecular flexibility index (Phi) is 6.80. The van der Waals surface area contributed by atoms with Gasteiger partial charge < -0.3 is 9.80 Å². The number of piperazine rings is 1. The zero-order valence-electron chi connectivity index (χ0n) is 19.5. The van der Waals surface area contributed by atoms with E-state index >= 15 is 0 Å². The monoisotopic (exact) mass is 508 g/mol. The first-order valence-electron chi connectivity index (χ1n) is 11.8. The predicted molar refractivity (Wildman–Crippen MR) is 133 cm³/mol. The number of halogens is 1. The Morgan fingerprint density at radius 1 is 1.00 bits per heavy atom. The van der Waals surface area contributed by atoms with Crippen LogP contribution in [0, 0.1) is 15.9 Å². The molecule has 0 N–H and O–H groups in total. The summed E-state index contributed by atoms with van der Waals surface area (Å²) in [6.45, 7) is 2.54. The van der Waals surface area contributed by atoms with Crippen molar-refractivity contribution in [2.75, 3.05) is 39.3 Å². The molecule has 1 aromatic heterocycles. The van der Waals surface area contributed by atoms with Gasteiger partial charge in [-0.1, -0.05) is 12.1 Å². The molecule has 5 rings (SSSR count). The molecule has 2 aliphatic rings. The second-order valence-corrected chi connectivity index (χ2v) is 9.95.